The van der Waals surface area contributed by atoms with E-state index in [1.54, 1.807) is 18.0 Å². The third-order valence-electron chi connectivity index (χ3n) is 4.35. The van der Waals surface area contributed by atoms with Crippen LogP contribution in [0.15, 0.2) is 64.6 Å². The quantitative estimate of drug-likeness (QED) is 0.368. The van der Waals surface area contributed by atoms with E-state index in [9.17, 15) is 4.79 Å². The van der Waals surface area contributed by atoms with Gasteiger partial charge in [-0.15, -0.1) is 11.8 Å². The van der Waals surface area contributed by atoms with Crippen LogP contribution in [0, 0.1) is 20.8 Å². The molecule has 0 saturated carbocycles. The van der Waals surface area contributed by atoms with Gasteiger partial charge in [0.2, 0.25) is 5.91 Å². The van der Waals surface area contributed by atoms with Crippen LogP contribution in [0.5, 0.6) is 0 Å². The van der Waals surface area contributed by atoms with Crippen LogP contribution in [0.2, 0.25) is 0 Å². The number of hydrazone groups is 1. The molecular formula is C22H24N4OS. The lowest BCUT2D eigenvalue weighted by Gasteiger charge is -2.03. The number of benzene rings is 2. The van der Waals surface area contributed by atoms with Crippen molar-refractivity contribution < 1.29 is 4.79 Å². The molecule has 0 bridgehead atoms. The maximum Gasteiger partial charge on any atom is 0.240 e. The number of hydrogen-bond acceptors (Lipinski definition) is 4. The van der Waals surface area contributed by atoms with Crippen molar-refractivity contribution in [3.05, 3.63) is 77.1 Å². The van der Waals surface area contributed by atoms with Gasteiger partial charge in [-0.05, 0) is 45.0 Å². The average Bonchev–Trinajstić information content (AvgIpc) is 2.98. The Bertz CT molecular complexity index is 962. The molecule has 1 N–H and O–H groups in total. The third kappa shape index (κ3) is 5.10. The Hall–Kier alpha value is -2.86. The first-order valence-corrected chi connectivity index (χ1v) is 10.2. The number of amides is 1. The highest BCUT2D eigenvalue weighted by Crippen LogP contribution is 2.19. The van der Waals surface area contributed by atoms with Crippen LogP contribution in [0.4, 0.5) is 0 Å². The van der Waals surface area contributed by atoms with Gasteiger partial charge in [0, 0.05) is 22.6 Å². The van der Waals surface area contributed by atoms with Crippen LogP contribution in [-0.2, 0) is 4.79 Å². The number of carbonyl (C=O) groups is 1. The molecule has 28 heavy (non-hydrogen) atoms. The van der Waals surface area contributed by atoms with E-state index in [4.69, 9.17) is 0 Å². The summed E-state index contributed by atoms with van der Waals surface area (Å²) in [5.74, 6) is 0.621. The molecule has 1 amide bonds. The molecule has 1 aromatic heterocycles. The van der Waals surface area contributed by atoms with E-state index >= 15 is 0 Å². The van der Waals surface area contributed by atoms with Crippen molar-refractivity contribution in [3.63, 3.8) is 0 Å². The molecule has 6 heteroatoms. The van der Waals surface area contributed by atoms with Crippen molar-refractivity contribution in [2.75, 3.05) is 5.75 Å². The second kappa shape index (κ2) is 9.37. The van der Waals surface area contributed by atoms with Gasteiger partial charge in [-0.1, -0.05) is 35.9 Å². The van der Waals surface area contributed by atoms with Crippen LogP contribution in [0.3, 0.4) is 0 Å². The van der Waals surface area contributed by atoms with Gasteiger partial charge in [0.1, 0.15) is 0 Å². The van der Waals surface area contributed by atoms with E-state index in [2.05, 4.69) is 46.8 Å². The van der Waals surface area contributed by atoms with Gasteiger partial charge in [0.15, 0.2) is 0 Å². The number of nitrogens with zero attached hydrogens (tertiary/aromatic N) is 3. The summed E-state index contributed by atoms with van der Waals surface area (Å²) in [5.41, 5.74) is 7.61. The molecule has 0 radical (unpaired) electrons. The van der Waals surface area contributed by atoms with Gasteiger partial charge in [0.05, 0.1) is 23.3 Å². The number of carbonyl (C=O) groups excluding carboxylic acids is 1. The van der Waals surface area contributed by atoms with Crippen molar-refractivity contribution in [2.45, 2.75) is 32.1 Å². The first-order chi connectivity index (χ1) is 13.5. The molecule has 2 aromatic carbocycles. The second-order valence-electron chi connectivity index (χ2n) is 6.54. The van der Waals surface area contributed by atoms with E-state index in [-0.39, 0.29) is 5.91 Å². The zero-order valence-corrected chi connectivity index (χ0v) is 17.2. The molecule has 0 aliphatic rings. The van der Waals surface area contributed by atoms with Crippen LogP contribution in [0.25, 0.3) is 5.69 Å². The second-order valence-corrected chi connectivity index (χ2v) is 7.70. The lowest BCUT2D eigenvalue weighted by Crippen LogP contribution is -2.17. The minimum absolute atomic E-state index is 0.0957. The number of para-hydroxylation sites is 1. The largest absolute Gasteiger partial charge is 0.273 e. The molecule has 3 aromatic rings. The van der Waals surface area contributed by atoms with Crippen LogP contribution in [-0.4, -0.2) is 27.7 Å². The Morgan fingerprint density at radius 3 is 2.54 bits per heavy atom. The number of aryl methyl sites for hydroxylation is 2. The molecule has 0 atom stereocenters. The first kappa shape index (κ1) is 19.9. The predicted octanol–water partition coefficient (Wildman–Crippen LogP) is 4.43. The Balaban J connectivity index is 1.53. The van der Waals surface area contributed by atoms with E-state index in [1.165, 1.54) is 10.5 Å². The summed E-state index contributed by atoms with van der Waals surface area (Å²) in [6.07, 6.45) is 2.08. The molecule has 0 aliphatic carbocycles. The van der Waals surface area contributed by atoms with Crippen molar-refractivity contribution >= 4 is 23.9 Å². The highest BCUT2D eigenvalue weighted by molar-refractivity contribution is 7.99. The summed E-state index contributed by atoms with van der Waals surface area (Å²) < 4.78 is 1.89. The zero-order valence-electron chi connectivity index (χ0n) is 16.3. The molecule has 3 rings (SSSR count). The maximum absolute atomic E-state index is 12.0. The smallest absolute Gasteiger partial charge is 0.240 e. The Morgan fingerprint density at radius 1 is 1.11 bits per heavy atom. The minimum atomic E-state index is -0.0957. The zero-order chi connectivity index (χ0) is 19.9. The van der Waals surface area contributed by atoms with Crippen LogP contribution in [0.1, 0.15) is 28.9 Å². The fraction of sp³-hybridized carbons (Fsp3) is 0.227. The SMILES string of the molecule is Cc1ccc(SCCC(=O)NN=Cc2c(C)nn(-c3ccccc3)c2C)cc1. The molecule has 0 unspecified atom stereocenters. The molecule has 0 fully saturated rings. The summed E-state index contributed by atoms with van der Waals surface area (Å²) >= 11 is 1.67. The summed E-state index contributed by atoms with van der Waals surface area (Å²) in [6.45, 7) is 6.00. The van der Waals surface area contributed by atoms with Gasteiger partial charge in [-0.25, -0.2) is 10.1 Å². The summed E-state index contributed by atoms with van der Waals surface area (Å²) in [5, 5.41) is 8.70. The number of aromatic nitrogens is 2. The van der Waals surface area contributed by atoms with Gasteiger partial charge in [0.25, 0.3) is 0 Å². The molecule has 144 valence electrons. The van der Waals surface area contributed by atoms with Crippen LogP contribution < -0.4 is 5.43 Å². The Labute approximate surface area is 169 Å². The minimum Gasteiger partial charge on any atom is -0.273 e. The number of thioether (sulfide) groups is 1. The normalized spacial score (nSPS) is 11.1. The maximum atomic E-state index is 12.0. The van der Waals surface area contributed by atoms with Crippen LogP contribution >= 0.6 is 11.8 Å². The van der Waals surface area contributed by atoms with Gasteiger partial charge in [-0.3, -0.25) is 4.79 Å². The Kier molecular flexibility index (Phi) is 6.66. The highest BCUT2D eigenvalue weighted by Gasteiger charge is 2.11. The summed E-state index contributed by atoms with van der Waals surface area (Å²) in [7, 11) is 0. The number of nitrogens with one attached hydrogen (secondary N) is 1. The van der Waals surface area contributed by atoms with Crippen molar-refractivity contribution in [1.29, 1.82) is 0 Å². The fourth-order valence-corrected chi connectivity index (χ4v) is 3.63. The number of rotatable bonds is 7. The van der Waals surface area contributed by atoms with E-state index in [0.717, 1.165) is 22.6 Å². The lowest BCUT2D eigenvalue weighted by atomic mass is 10.2. The standard InChI is InChI=1S/C22H24N4OS/c1-16-9-11-20(12-10-16)28-14-13-22(27)24-23-15-21-17(2)25-26(18(21)3)19-7-5-4-6-8-19/h4-12,15H,13-14H2,1-3H3,(H,24,27). The molecule has 5 nitrogen and oxygen atoms in total. The topological polar surface area (TPSA) is 59.3 Å². The lowest BCUT2D eigenvalue weighted by molar-refractivity contribution is -0.120. The van der Waals surface area contributed by atoms with E-state index < -0.39 is 0 Å². The molecular weight excluding hydrogens is 368 g/mol. The van der Waals surface area contributed by atoms with E-state index in [1.807, 2.05) is 48.9 Å². The van der Waals surface area contributed by atoms with Gasteiger partial charge >= 0.3 is 0 Å². The van der Waals surface area contributed by atoms with Crippen molar-refractivity contribution in [2.24, 2.45) is 5.10 Å². The van der Waals surface area contributed by atoms with Gasteiger partial charge < -0.3 is 0 Å². The van der Waals surface area contributed by atoms with Gasteiger partial charge in [-0.2, -0.15) is 10.2 Å². The Morgan fingerprint density at radius 2 is 1.82 bits per heavy atom. The fourth-order valence-electron chi connectivity index (χ4n) is 2.78. The summed E-state index contributed by atoms with van der Waals surface area (Å²) in [4.78, 5) is 13.2. The number of hydrogen-bond donors (Lipinski definition) is 1. The van der Waals surface area contributed by atoms with Crippen molar-refractivity contribution in [1.82, 2.24) is 15.2 Å². The monoisotopic (exact) mass is 392 g/mol. The van der Waals surface area contributed by atoms with Crippen molar-refractivity contribution in [3.8, 4) is 5.69 Å². The molecule has 0 saturated heterocycles. The average molecular weight is 393 g/mol. The predicted molar refractivity (Wildman–Crippen MR) is 115 cm³/mol. The molecule has 1 heterocycles. The molecule has 0 spiro atoms. The van der Waals surface area contributed by atoms with E-state index in [0.29, 0.717) is 12.2 Å². The highest BCUT2D eigenvalue weighted by atomic mass is 32.2. The summed E-state index contributed by atoms with van der Waals surface area (Å²) in [6, 6.07) is 18.3. The third-order valence-corrected chi connectivity index (χ3v) is 5.36. The first-order valence-electron chi connectivity index (χ1n) is 9.17. The molecule has 0 aliphatic heterocycles.